The van der Waals surface area contributed by atoms with Crippen LogP contribution in [0, 0.1) is 20.2 Å². The lowest BCUT2D eigenvalue weighted by molar-refractivity contribution is -0.412. The Morgan fingerprint density at radius 1 is 0.714 bits per heavy atom. The van der Waals surface area contributed by atoms with Crippen LogP contribution in [-0.2, 0) is 11.5 Å². The Morgan fingerprint density at radius 2 is 1.05 bits per heavy atom. The van der Waals surface area contributed by atoms with Gasteiger partial charge in [0.05, 0.1) is 0 Å². The zero-order chi connectivity index (χ0) is 15.3. The zero-order valence-corrected chi connectivity index (χ0v) is 11.9. The molecule has 0 saturated heterocycles. The highest BCUT2D eigenvalue weighted by molar-refractivity contribution is 8.22. The van der Waals surface area contributed by atoms with E-state index >= 15 is 0 Å². The number of nitrogens with zero attached hydrogens (tertiary/aromatic N) is 2. The fourth-order valence-electron chi connectivity index (χ4n) is 2.00. The molecular formula is C14H14N2O4S. The third-order valence-electron chi connectivity index (χ3n) is 3.04. The van der Waals surface area contributed by atoms with E-state index in [-0.39, 0.29) is 11.5 Å². The summed E-state index contributed by atoms with van der Waals surface area (Å²) in [6, 6.07) is 17.2. The van der Waals surface area contributed by atoms with E-state index in [0.717, 1.165) is 0 Å². The van der Waals surface area contributed by atoms with E-state index in [9.17, 15) is 20.2 Å². The molecule has 0 bridgehead atoms. The first-order valence-electron chi connectivity index (χ1n) is 6.20. The zero-order valence-electron chi connectivity index (χ0n) is 11.1. The summed E-state index contributed by atoms with van der Waals surface area (Å²) in [7, 11) is -3.29. The van der Waals surface area contributed by atoms with Gasteiger partial charge in [-0.2, -0.15) is 0 Å². The quantitative estimate of drug-likeness (QED) is 0.603. The number of nitro groups is 2. The van der Waals surface area contributed by atoms with E-state index in [1.54, 1.807) is 60.7 Å². The van der Waals surface area contributed by atoms with E-state index in [1.807, 2.05) is 0 Å². The molecule has 7 heteroatoms. The van der Waals surface area contributed by atoms with Gasteiger partial charge in [0.25, 0.3) is 10.4 Å². The summed E-state index contributed by atoms with van der Waals surface area (Å²) in [6.07, 6.45) is 0. The molecule has 0 unspecified atom stereocenters. The average Bonchev–Trinajstić information content (AvgIpc) is 2.48. The minimum absolute atomic E-state index is 0.164. The summed E-state index contributed by atoms with van der Waals surface area (Å²) in [5.41, 5.74) is 1.22. The van der Waals surface area contributed by atoms with Crippen LogP contribution in [0.25, 0.3) is 0 Å². The van der Waals surface area contributed by atoms with Crippen LogP contribution in [0.2, 0.25) is 0 Å². The molecule has 0 fully saturated rings. The van der Waals surface area contributed by atoms with Crippen molar-refractivity contribution in [2.45, 2.75) is 11.5 Å². The van der Waals surface area contributed by atoms with Gasteiger partial charge in [0, 0.05) is 0 Å². The van der Waals surface area contributed by atoms with E-state index in [0.29, 0.717) is 11.1 Å². The van der Waals surface area contributed by atoms with Gasteiger partial charge >= 0.3 is 0 Å². The van der Waals surface area contributed by atoms with E-state index in [2.05, 4.69) is 0 Å². The molecule has 110 valence electrons. The van der Waals surface area contributed by atoms with Crippen molar-refractivity contribution in [1.29, 1.82) is 0 Å². The van der Waals surface area contributed by atoms with Crippen LogP contribution in [0.15, 0.2) is 60.7 Å². The van der Waals surface area contributed by atoms with E-state index in [4.69, 9.17) is 0 Å². The number of rotatable bonds is 6. The van der Waals surface area contributed by atoms with Gasteiger partial charge in [-0.05, 0) is 11.1 Å². The van der Waals surface area contributed by atoms with Crippen molar-refractivity contribution in [3.05, 3.63) is 92.0 Å². The van der Waals surface area contributed by atoms with Crippen molar-refractivity contribution >= 4 is 10.4 Å². The maximum atomic E-state index is 11.5. The molecule has 0 radical (unpaired) electrons. The fourth-order valence-corrected chi connectivity index (χ4v) is 4.08. The Hall–Kier alpha value is -2.41. The van der Waals surface area contributed by atoms with Crippen LogP contribution in [0.4, 0.5) is 0 Å². The molecule has 6 nitrogen and oxygen atoms in total. The molecule has 0 N–H and O–H groups in total. The van der Waals surface area contributed by atoms with Crippen molar-refractivity contribution in [2.24, 2.45) is 0 Å². The first-order chi connectivity index (χ1) is 10.0. The lowest BCUT2D eigenvalue weighted by Gasteiger charge is -2.21. The van der Waals surface area contributed by atoms with Crippen LogP contribution in [0.5, 0.6) is 0 Å². The predicted molar refractivity (Wildman–Crippen MR) is 81.9 cm³/mol. The van der Waals surface area contributed by atoms with Gasteiger partial charge < -0.3 is 0 Å². The topological polar surface area (TPSA) is 86.3 Å². The molecule has 0 atom stereocenters. The lowest BCUT2D eigenvalue weighted by atomic mass is 10.2. The summed E-state index contributed by atoms with van der Waals surface area (Å²) in [4.78, 5) is 22.9. The number of hydrogen-bond donors (Lipinski definition) is 0. The standard InChI is InChI=1S/C14H14N2O4S/c17-15(18)21(16(19)20,11-13-7-3-1-4-8-13)12-14-9-5-2-6-10-14/h1-10H,11-12H2. The molecule has 21 heavy (non-hydrogen) atoms. The van der Waals surface area contributed by atoms with E-state index in [1.165, 1.54) is 0 Å². The second-order valence-corrected chi connectivity index (χ2v) is 7.29. The Balaban J connectivity index is 2.38. The van der Waals surface area contributed by atoms with Gasteiger partial charge in [0.15, 0.2) is 0 Å². The monoisotopic (exact) mass is 306 g/mol. The largest absolute Gasteiger partial charge is 0.288 e. The van der Waals surface area contributed by atoms with Crippen LogP contribution in [0.1, 0.15) is 11.1 Å². The van der Waals surface area contributed by atoms with Gasteiger partial charge in [0.1, 0.15) is 20.2 Å². The molecule has 0 aliphatic heterocycles. The molecular weight excluding hydrogens is 292 g/mol. The Kier molecular flexibility index (Phi) is 4.54. The fraction of sp³-hybridized carbons (Fsp3) is 0.143. The van der Waals surface area contributed by atoms with Gasteiger partial charge in [-0.3, -0.25) is 0 Å². The second kappa shape index (κ2) is 6.36. The molecule has 0 heterocycles. The Labute approximate surface area is 123 Å². The molecule has 0 aliphatic carbocycles. The van der Waals surface area contributed by atoms with Gasteiger partial charge in [-0.15, -0.1) is 0 Å². The van der Waals surface area contributed by atoms with Crippen LogP contribution >= 0.6 is 10.4 Å². The Bertz CT molecular complexity index is 576. The smallest absolute Gasteiger partial charge is 0.248 e. The lowest BCUT2D eigenvalue weighted by Crippen LogP contribution is -2.23. The summed E-state index contributed by atoms with van der Waals surface area (Å²) in [5.74, 6) is -0.328. The van der Waals surface area contributed by atoms with E-state index < -0.39 is 19.1 Å². The first kappa shape index (κ1) is 15.0. The number of hydrogen-bond acceptors (Lipinski definition) is 4. The normalized spacial score (nSPS) is 11.8. The minimum Gasteiger partial charge on any atom is -0.248 e. The van der Waals surface area contributed by atoms with Crippen LogP contribution in [-0.4, -0.2) is 8.66 Å². The highest BCUT2D eigenvalue weighted by atomic mass is 32.3. The minimum atomic E-state index is -3.29. The molecule has 0 amide bonds. The second-order valence-electron chi connectivity index (χ2n) is 4.51. The Morgan fingerprint density at radius 3 is 1.33 bits per heavy atom. The van der Waals surface area contributed by atoms with Gasteiger partial charge in [0.2, 0.25) is 0 Å². The average molecular weight is 306 g/mol. The summed E-state index contributed by atoms with van der Waals surface area (Å²) in [6.45, 7) is 0. The molecule has 0 aromatic heterocycles. The maximum absolute atomic E-state index is 11.5. The van der Waals surface area contributed by atoms with Crippen LogP contribution < -0.4 is 0 Å². The highest BCUT2D eigenvalue weighted by Crippen LogP contribution is 2.54. The molecule has 0 aliphatic rings. The third kappa shape index (κ3) is 3.38. The van der Waals surface area contributed by atoms with Crippen LogP contribution in [0.3, 0.4) is 0 Å². The highest BCUT2D eigenvalue weighted by Gasteiger charge is 2.49. The SMILES string of the molecule is O=[N+]([O-])S(Cc1ccccc1)(Cc1ccccc1)[N+](=O)[O-]. The van der Waals surface area contributed by atoms with Gasteiger partial charge in [-0.1, -0.05) is 60.7 Å². The summed E-state index contributed by atoms with van der Waals surface area (Å²) in [5, 5.41) is 22.9. The first-order valence-corrected chi connectivity index (χ1v) is 8.09. The van der Waals surface area contributed by atoms with Crippen molar-refractivity contribution in [1.82, 2.24) is 0 Å². The summed E-state index contributed by atoms with van der Waals surface area (Å²) < 4.78 is -1.40. The summed E-state index contributed by atoms with van der Waals surface area (Å²) >= 11 is 0. The third-order valence-corrected chi connectivity index (χ3v) is 5.74. The van der Waals surface area contributed by atoms with Crippen molar-refractivity contribution < 1.29 is 8.66 Å². The maximum Gasteiger partial charge on any atom is 0.288 e. The molecule has 0 spiro atoms. The molecule has 2 aromatic rings. The molecule has 2 aromatic carbocycles. The molecule has 2 rings (SSSR count). The number of benzene rings is 2. The van der Waals surface area contributed by atoms with Gasteiger partial charge in [-0.25, -0.2) is 20.2 Å². The predicted octanol–water partition coefficient (Wildman–Crippen LogP) is 3.57. The van der Waals surface area contributed by atoms with Crippen molar-refractivity contribution in [2.75, 3.05) is 0 Å². The molecule has 0 saturated carbocycles. The van der Waals surface area contributed by atoms with Crippen molar-refractivity contribution in [3.63, 3.8) is 0 Å². The van der Waals surface area contributed by atoms with Crippen molar-refractivity contribution in [3.8, 4) is 0 Å².